The van der Waals surface area contributed by atoms with Crippen molar-refractivity contribution in [1.82, 2.24) is 14.9 Å². The largest absolute Gasteiger partial charge is 0.480 e. The number of carboxylic acids is 1. The van der Waals surface area contributed by atoms with E-state index in [-0.39, 0.29) is 5.37 Å². The van der Waals surface area contributed by atoms with Gasteiger partial charge in [-0.1, -0.05) is 0 Å². The van der Waals surface area contributed by atoms with Crippen LogP contribution in [0.3, 0.4) is 0 Å². The molecule has 2 heterocycles. The summed E-state index contributed by atoms with van der Waals surface area (Å²) in [5.74, 6) is 0.658. The van der Waals surface area contributed by atoms with Gasteiger partial charge in [0, 0.05) is 12.8 Å². The van der Waals surface area contributed by atoms with Crippen molar-refractivity contribution in [2.45, 2.75) is 25.3 Å². The zero-order valence-corrected chi connectivity index (χ0v) is 12.5. The first kappa shape index (κ1) is 13.5. The van der Waals surface area contributed by atoms with Gasteiger partial charge in [0.25, 0.3) is 0 Å². The third kappa shape index (κ3) is 2.09. The van der Waals surface area contributed by atoms with Crippen LogP contribution in [0, 0.1) is 13.8 Å². The minimum absolute atomic E-state index is 0.0610. The van der Waals surface area contributed by atoms with Gasteiger partial charge in [-0.3, -0.25) is 10.1 Å². The molecule has 2 N–H and O–H groups in total. The van der Waals surface area contributed by atoms with Gasteiger partial charge < -0.3 is 9.67 Å². The Morgan fingerprint density at radius 2 is 2.15 bits per heavy atom. The van der Waals surface area contributed by atoms with Gasteiger partial charge >= 0.3 is 5.97 Å². The van der Waals surface area contributed by atoms with Gasteiger partial charge in [-0.05, 0) is 37.1 Å². The smallest absolute Gasteiger partial charge is 0.321 e. The van der Waals surface area contributed by atoms with E-state index < -0.39 is 12.0 Å². The normalized spacial score (nSPS) is 22.6. The van der Waals surface area contributed by atoms with E-state index in [9.17, 15) is 4.79 Å². The SMILES string of the molecule is Cc1cc2nc(C3NC(C(=O)O)CS3)n(C)c2cc1C. The zero-order chi connectivity index (χ0) is 14.4. The van der Waals surface area contributed by atoms with Crippen molar-refractivity contribution >= 4 is 28.8 Å². The summed E-state index contributed by atoms with van der Waals surface area (Å²) in [6.07, 6.45) is 0. The van der Waals surface area contributed by atoms with Gasteiger partial charge in [0.1, 0.15) is 17.2 Å². The van der Waals surface area contributed by atoms with Crippen molar-refractivity contribution in [1.29, 1.82) is 0 Å². The fourth-order valence-corrected chi connectivity index (χ4v) is 3.71. The number of aryl methyl sites for hydroxylation is 3. The fraction of sp³-hybridized carbons (Fsp3) is 0.429. The number of benzene rings is 1. The second-order valence-corrected chi connectivity index (χ2v) is 6.36. The van der Waals surface area contributed by atoms with Gasteiger partial charge in [0.2, 0.25) is 0 Å². The lowest BCUT2D eigenvalue weighted by molar-refractivity contribution is -0.138. The number of rotatable bonds is 2. The Morgan fingerprint density at radius 1 is 1.45 bits per heavy atom. The second kappa shape index (κ2) is 4.79. The Morgan fingerprint density at radius 3 is 2.80 bits per heavy atom. The molecule has 3 rings (SSSR count). The number of carbonyl (C=O) groups is 1. The molecule has 0 bridgehead atoms. The molecule has 20 heavy (non-hydrogen) atoms. The van der Waals surface area contributed by atoms with Gasteiger partial charge in [0.15, 0.2) is 0 Å². The third-order valence-electron chi connectivity index (χ3n) is 3.85. The van der Waals surface area contributed by atoms with Crippen LogP contribution in [0.5, 0.6) is 0 Å². The van der Waals surface area contributed by atoms with E-state index in [1.54, 1.807) is 11.8 Å². The molecule has 1 aromatic heterocycles. The van der Waals surface area contributed by atoms with E-state index in [1.807, 2.05) is 7.05 Å². The Balaban J connectivity index is 2.01. The Hall–Kier alpha value is -1.53. The maximum absolute atomic E-state index is 11.0. The molecule has 0 spiro atoms. The molecule has 6 heteroatoms. The number of nitrogens with zero attached hydrogens (tertiary/aromatic N) is 2. The summed E-state index contributed by atoms with van der Waals surface area (Å²) in [7, 11) is 1.98. The number of hydrogen-bond donors (Lipinski definition) is 2. The van der Waals surface area contributed by atoms with Crippen molar-refractivity contribution in [3.8, 4) is 0 Å². The first-order valence-electron chi connectivity index (χ1n) is 6.51. The molecule has 1 aliphatic rings. The van der Waals surface area contributed by atoms with Gasteiger partial charge in [0.05, 0.1) is 11.0 Å². The zero-order valence-electron chi connectivity index (χ0n) is 11.7. The maximum atomic E-state index is 11.0. The minimum atomic E-state index is -0.801. The summed E-state index contributed by atoms with van der Waals surface area (Å²) in [5, 5.41) is 12.1. The van der Waals surface area contributed by atoms with Crippen molar-refractivity contribution in [3.63, 3.8) is 0 Å². The van der Waals surface area contributed by atoms with E-state index in [0.717, 1.165) is 16.9 Å². The highest BCUT2D eigenvalue weighted by Crippen LogP contribution is 2.34. The van der Waals surface area contributed by atoms with Crippen molar-refractivity contribution in [3.05, 3.63) is 29.1 Å². The van der Waals surface area contributed by atoms with Crippen LogP contribution in [0.25, 0.3) is 11.0 Å². The third-order valence-corrected chi connectivity index (χ3v) is 5.05. The topological polar surface area (TPSA) is 67.2 Å². The van der Waals surface area contributed by atoms with Gasteiger partial charge in [-0.25, -0.2) is 4.98 Å². The molecule has 0 saturated carbocycles. The molecule has 2 atom stereocenters. The van der Waals surface area contributed by atoms with Gasteiger partial charge in [-0.15, -0.1) is 11.8 Å². The Kier molecular flexibility index (Phi) is 3.22. The fourth-order valence-electron chi connectivity index (χ4n) is 2.46. The summed E-state index contributed by atoms with van der Waals surface area (Å²) in [6.45, 7) is 4.16. The number of aromatic nitrogens is 2. The number of thioether (sulfide) groups is 1. The Bertz CT molecular complexity index is 695. The lowest BCUT2D eigenvalue weighted by atomic mass is 10.1. The predicted molar refractivity (Wildman–Crippen MR) is 79.9 cm³/mol. The van der Waals surface area contributed by atoms with Crippen LogP contribution in [-0.4, -0.2) is 32.4 Å². The predicted octanol–water partition coefficient (Wildman–Crippen LogP) is 1.98. The molecule has 0 aliphatic carbocycles. The Labute approximate surface area is 121 Å². The summed E-state index contributed by atoms with van der Waals surface area (Å²) in [6, 6.07) is 3.73. The first-order chi connectivity index (χ1) is 9.47. The molecular weight excluding hydrogens is 274 g/mol. The number of fused-ring (bicyclic) bond motifs is 1. The van der Waals surface area contributed by atoms with Crippen LogP contribution in [0.1, 0.15) is 22.3 Å². The number of aliphatic carboxylic acids is 1. The summed E-state index contributed by atoms with van der Waals surface area (Å²) in [5.41, 5.74) is 4.51. The molecule has 0 radical (unpaired) electrons. The van der Waals surface area contributed by atoms with E-state index >= 15 is 0 Å². The molecule has 1 saturated heterocycles. The molecule has 5 nitrogen and oxygen atoms in total. The van der Waals surface area contributed by atoms with Crippen LogP contribution in [0.4, 0.5) is 0 Å². The van der Waals surface area contributed by atoms with E-state index in [1.165, 1.54) is 11.1 Å². The second-order valence-electron chi connectivity index (χ2n) is 5.23. The van der Waals surface area contributed by atoms with Crippen LogP contribution >= 0.6 is 11.8 Å². The summed E-state index contributed by atoms with van der Waals surface area (Å²) in [4.78, 5) is 15.7. The molecule has 1 aromatic carbocycles. The molecule has 0 amide bonds. The van der Waals surface area contributed by atoms with Crippen molar-refractivity contribution < 1.29 is 9.90 Å². The van der Waals surface area contributed by atoms with E-state index in [2.05, 4.69) is 40.8 Å². The van der Waals surface area contributed by atoms with Crippen LogP contribution in [-0.2, 0) is 11.8 Å². The van der Waals surface area contributed by atoms with Gasteiger partial charge in [-0.2, -0.15) is 0 Å². The quantitative estimate of drug-likeness (QED) is 0.885. The van der Waals surface area contributed by atoms with Crippen molar-refractivity contribution in [2.24, 2.45) is 7.05 Å². The van der Waals surface area contributed by atoms with Crippen LogP contribution in [0.2, 0.25) is 0 Å². The number of hydrogen-bond acceptors (Lipinski definition) is 4. The van der Waals surface area contributed by atoms with Crippen LogP contribution < -0.4 is 5.32 Å². The molecule has 1 fully saturated rings. The highest BCUT2D eigenvalue weighted by atomic mass is 32.2. The number of imidazole rings is 1. The number of carboxylic acid groups (broad SMARTS) is 1. The standard InChI is InChI=1S/C14H17N3O2S/c1-7-4-9-11(5-8(7)2)17(3)12(15-9)13-16-10(6-20-13)14(18)19/h4-5,10,13,16H,6H2,1-3H3,(H,18,19). The monoisotopic (exact) mass is 291 g/mol. The van der Waals surface area contributed by atoms with E-state index in [4.69, 9.17) is 5.11 Å². The average molecular weight is 291 g/mol. The van der Waals surface area contributed by atoms with Crippen LogP contribution in [0.15, 0.2) is 12.1 Å². The molecule has 2 unspecified atom stereocenters. The molecule has 1 aliphatic heterocycles. The number of nitrogens with one attached hydrogen (secondary N) is 1. The minimum Gasteiger partial charge on any atom is -0.480 e. The lowest BCUT2D eigenvalue weighted by Gasteiger charge is -2.10. The maximum Gasteiger partial charge on any atom is 0.321 e. The van der Waals surface area contributed by atoms with Crippen molar-refractivity contribution in [2.75, 3.05) is 5.75 Å². The summed E-state index contributed by atoms with van der Waals surface area (Å²) >= 11 is 1.59. The average Bonchev–Trinajstić information content (AvgIpc) is 2.97. The molecule has 106 valence electrons. The molecular formula is C14H17N3O2S. The molecule has 2 aromatic rings. The highest BCUT2D eigenvalue weighted by molar-refractivity contribution is 7.99. The lowest BCUT2D eigenvalue weighted by Crippen LogP contribution is -2.34. The first-order valence-corrected chi connectivity index (χ1v) is 7.56. The van der Waals surface area contributed by atoms with E-state index in [0.29, 0.717) is 5.75 Å². The highest BCUT2D eigenvalue weighted by Gasteiger charge is 2.32. The summed E-state index contributed by atoms with van der Waals surface area (Å²) < 4.78 is 2.05.